The molecule has 1 N–H and O–H groups in total. The summed E-state index contributed by atoms with van der Waals surface area (Å²) in [6.07, 6.45) is 2.71. The monoisotopic (exact) mass is 352 g/mol. The first kappa shape index (κ1) is 17.2. The van der Waals surface area contributed by atoms with Crippen molar-refractivity contribution in [3.63, 3.8) is 0 Å². The van der Waals surface area contributed by atoms with Crippen LogP contribution in [0.5, 0.6) is 5.75 Å². The summed E-state index contributed by atoms with van der Waals surface area (Å²) in [6.45, 7) is 0.949. The van der Waals surface area contributed by atoms with Crippen molar-refractivity contribution in [1.29, 1.82) is 0 Å². The number of carbonyl (C=O) groups is 1. The first-order chi connectivity index (χ1) is 11.5. The Hall–Kier alpha value is -1.60. The molecule has 1 aliphatic carbocycles. The third-order valence-electron chi connectivity index (χ3n) is 4.57. The molecule has 0 aromatic heterocycles. The van der Waals surface area contributed by atoms with Gasteiger partial charge in [-0.2, -0.15) is 0 Å². The van der Waals surface area contributed by atoms with E-state index < -0.39 is 9.84 Å². The van der Waals surface area contributed by atoms with Gasteiger partial charge in [-0.1, -0.05) is 18.2 Å². The van der Waals surface area contributed by atoms with Crippen molar-refractivity contribution >= 4 is 15.7 Å². The SMILES string of the molecule is COc1ccccc1CN(CC(=O)NC1CCS(=O)(=O)C1)C1CC1. The van der Waals surface area contributed by atoms with Crippen molar-refractivity contribution < 1.29 is 17.9 Å². The van der Waals surface area contributed by atoms with Crippen molar-refractivity contribution in [3.8, 4) is 5.75 Å². The molecule has 1 unspecified atom stereocenters. The van der Waals surface area contributed by atoms with Gasteiger partial charge in [-0.25, -0.2) is 8.42 Å². The van der Waals surface area contributed by atoms with E-state index in [0.29, 0.717) is 25.6 Å². The van der Waals surface area contributed by atoms with E-state index in [1.54, 1.807) is 7.11 Å². The minimum absolute atomic E-state index is 0.0642. The Bertz CT molecular complexity index is 700. The first-order valence-electron chi connectivity index (χ1n) is 8.32. The third-order valence-corrected chi connectivity index (χ3v) is 6.34. The van der Waals surface area contributed by atoms with Crippen LogP contribution in [0.15, 0.2) is 24.3 Å². The van der Waals surface area contributed by atoms with Crippen LogP contribution in [0.2, 0.25) is 0 Å². The van der Waals surface area contributed by atoms with E-state index in [2.05, 4.69) is 10.2 Å². The Morgan fingerprint density at radius 2 is 2.04 bits per heavy atom. The predicted molar refractivity (Wildman–Crippen MR) is 91.6 cm³/mol. The minimum Gasteiger partial charge on any atom is -0.496 e. The summed E-state index contributed by atoms with van der Waals surface area (Å²) in [5.41, 5.74) is 1.06. The van der Waals surface area contributed by atoms with E-state index in [0.717, 1.165) is 24.2 Å². The van der Waals surface area contributed by atoms with E-state index in [1.807, 2.05) is 24.3 Å². The largest absolute Gasteiger partial charge is 0.496 e. The molecule has 7 heteroatoms. The molecule has 1 heterocycles. The molecule has 24 heavy (non-hydrogen) atoms. The zero-order valence-corrected chi connectivity index (χ0v) is 14.7. The average Bonchev–Trinajstić information content (AvgIpc) is 3.32. The molecule has 1 atom stereocenters. The normalized spacial score (nSPS) is 22.5. The van der Waals surface area contributed by atoms with Gasteiger partial charge in [0.1, 0.15) is 5.75 Å². The Kier molecular flexibility index (Phi) is 5.10. The van der Waals surface area contributed by atoms with Crippen LogP contribution in [0.3, 0.4) is 0 Å². The second-order valence-corrected chi connectivity index (χ2v) is 8.84. The number of hydrogen-bond donors (Lipinski definition) is 1. The Morgan fingerprint density at radius 3 is 2.67 bits per heavy atom. The van der Waals surface area contributed by atoms with Crippen LogP contribution in [-0.4, -0.2) is 56.5 Å². The molecule has 132 valence electrons. The number of methoxy groups -OCH3 is 1. The van der Waals surface area contributed by atoms with Gasteiger partial charge in [0.05, 0.1) is 25.2 Å². The predicted octanol–water partition coefficient (Wildman–Crippen LogP) is 0.963. The maximum atomic E-state index is 12.3. The summed E-state index contributed by atoms with van der Waals surface area (Å²) >= 11 is 0. The summed E-state index contributed by atoms with van der Waals surface area (Å²) in [5.74, 6) is 0.963. The van der Waals surface area contributed by atoms with Crippen molar-refractivity contribution in [1.82, 2.24) is 10.2 Å². The standard InChI is InChI=1S/C17H24N2O4S/c1-23-16-5-3-2-4-13(16)10-19(15-6-7-15)11-17(20)18-14-8-9-24(21,22)12-14/h2-5,14-15H,6-12H2,1H3,(H,18,20). The number of nitrogens with zero attached hydrogens (tertiary/aromatic N) is 1. The van der Waals surface area contributed by atoms with Crippen LogP contribution in [-0.2, 0) is 21.2 Å². The fraction of sp³-hybridized carbons (Fsp3) is 0.588. The van der Waals surface area contributed by atoms with Gasteiger partial charge in [0.25, 0.3) is 0 Å². The highest BCUT2D eigenvalue weighted by Gasteiger charge is 2.33. The molecule has 2 fully saturated rings. The second-order valence-electron chi connectivity index (χ2n) is 6.62. The van der Waals surface area contributed by atoms with Crippen LogP contribution in [0.1, 0.15) is 24.8 Å². The average molecular weight is 352 g/mol. The zero-order chi connectivity index (χ0) is 17.2. The van der Waals surface area contributed by atoms with Crippen LogP contribution >= 0.6 is 0 Å². The number of rotatable bonds is 7. The van der Waals surface area contributed by atoms with E-state index in [4.69, 9.17) is 4.74 Å². The Morgan fingerprint density at radius 1 is 1.29 bits per heavy atom. The number of para-hydroxylation sites is 1. The summed E-state index contributed by atoms with van der Waals surface area (Å²) in [4.78, 5) is 14.5. The molecule has 1 saturated heterocycles. The fourth-order valence-corrected chi connectivity index (χ4v) is 4.85. The summed E-state index contributed by atoms with van der Waals surface area (Å²) in [5, 5.41) is 2.87. The smallest absolute Gasteiger partial charge is 0.234 e. The van der Waals surface area contributed by atoms with Gasteiger partial charge in [0, 0.05) is 24.2 Å². The third kappa shape index (κ3) is 4.48. The van der Waals surface area contributed by atoms with Gasteiger partial charge in [-0.05, 0) is 25.3 Å². The van der Waals surface area contributed by atoms with Gasteiger partial charge in [0.2, 0.25) is 5.91 Å². The van der Waals surface area contributed by atoms with E-state index >= 15 is 0 Å². The van der Waals surface area contributed by atoms with Crippen molar-refractivity contribution in [2.75, 3.05) is 25.2 Å². The molecule has 0 spiro atoms. The van der Waals surface area contributed by atoms with Gasteiger partial charge in [0.15, 0.2) is 9.84 Å². The molecule has 1 aliphatic heterocycles. The van der Waals surface area contributed by atoms with E-state index in [1.165, 1.54) is 0 Å². The lowest BCUT2D eigenvalue weighted by molar-refractivity contribution is -0.123. The molecule has 3 rings (SSSR count). The van der Waals surface area contributed by atoms with Gasteiger partial charge in [-0.3, -0.25) is 9.69 Å². The number of sulfone groups is 1. The summed E-state index contributed by atoms with van der Waals surface area (Å²) in [6, 6.07) is 8.01. The molecule has 0 radical (unpaired) electrons. The molecular formula is C17H24N2O4S. The number of ether oxygens (including phenoxy) is 1. The maximum Gasteiger partial charge on any atom is 0.234 e. The van der Waals surface area contributed by atoms with Crippen molar-refractivity contribution in [2.24, 2.45) is 0 Å². The lowest BCUT2D eigenvalue weighted by atomic mass is 10.2. The van der Waals surface area contributed by atoms with Crippen molar-refractivity contribution in [2.45, 2.75) is 37.9 Å². The zero-order valence-electron chi connectivity index (χ0n) is 13.9. The molecule has 6 nitrogen and oxygen atoms in total. The van der Waals surface area contributed by atoms with Crippen molar-refractivity contribution in [3.05, 3.63) is 29.8 Å². The van der Waals surface area contributed by atoms with E-state index in [9.17, 15) is 13.2 Å². The molecule has 1 aromatic rings. The number of benzene rings is 1. The molecule has 2 aliphatic rings. The van der Waals surface area contributed by atoms with Crippen LogP contribution in [0, 0.1) is 0 Å². The number of amides is 1. The molecule has 1 amide bonds. The van der Waals surface area contributed by atoms with Crippen LogP contribution in [0.25, 0.3) is 0 Å². The highest BCUT2D eigenvalue weighted by molar-refractivity contribution is 7.91. The quantitative estimate of drug-likeness (QED) is 0.791. The molecule has 0 bridgehead atoms. The molecule has 1 saturated carbocycles. The number of hydrogen-bond acceptors (Lipinski definition) is 5. The molecule has 1 aromatic carbocycles. The second kappa shape index (κ2) is 7.11. The lowest BCUT2D eigenvalue weighted by Crippen LogP contribution is -2.43. The number of nitrogens with one attached hydrogen (secondary N) is 1. The lowest BCUT2D eigenvalue weighted by Gasteiger charge is -2.23. The summed E-state index contributed by atoms with van der Waals surface area (Å²) in [7, 11) is -1.33. The van der Waals surface area contributed by atoms with Crippen LogP contribution in [0.4, 0.5) is 0 Å². The molecular weight excluding hydrogens is 328 g/mol. The van der Waals surface area contributed by atoms with Gasteiger partial charge in [-0.15, -0.1) is 0 Å². The number of carbonyl (C=O) groups excluding carboxylic acids is 1. The Balaban J connectivity index is 1.59. The van der Waals surface area contributed by atoms with Gasteiger partial charge >= 0.3 is 0 Å². The topological polar surface area (TPSA) is 75.7 Å². The summed E-state index contributed by atoms with van der Waals surface area (Å²) < 4.78 is 28.4. The highest BCUT2D eigenvalue weighted by Crippen LogP contribution is 2.30. The fourth-order valence-electron chi connectivity index (χ4n) is 3.17. The minimum atomic E-state index is -2.98. The maximum absolute atomic E-state index is 12.3. The van der Waals surface area contributed by atoms with Gasteiger partial charge < -0.3 is 10.1 Å². The highest BCUT2D eigenvalue weighted by atomic mass is 32.2. The van der Waals surface area contributed by atoms with E-state index in [-0.39, 0.29) is 23.5 Å². The first-order valence-corrected chi connectivity index (χ1v) is 10.1. The van der Waals surface area contributed by atoms with Crippen LogP contribution < -0.4 is 10.1 Å². The Labute approximate surface area is 143 Å².